The number of nitrogens with zero attached hydrogens (tertiary/aromatic N) is 3. The quantitative estimate of drug-likeness (QED) is 0.196. The molecule has 1 aliphatic carbocycles. The van der Waals surface area contributed by atoms with Crippen LogP contribution in [0.2, 0.25) is 0 Å². The van der Waals surface area contributed by atoms with Crippen LogP contribution in [0.25, 0.3) is 0 Å². The van der Waals surface area contributed by atoms with Crippen molar-refractivity contribution in [2.45, 2.75) is 30.0 Å². The van der Waals surface area contributed by atoms with Crippen molar-refractivity contribution in [1.29, 1.82) is 0 Å². The second-order valence-electron chi connectivity index (χ2n) is 5.59. The predicted octanol–water partition coefficient (Wildman–Crippen LogP) is 1.07. The molecule has 2 aromatic rings. The van der Waals surface area contributed by atoms with Crippen molar-refractivity contribution >= 4 is 17.6 Å². The maximum Gasteiger partial charge on any atom is 0.198 e. The van der Waals surface area contributed by atoms with Crippen molar-refractivity contribution in [2.75, 3.05) is 12.4 Å². The zero-order valence-corrected chi connectivity index (χ0v) is 13.9. The molecule has 10 heteroatoms. The van der Waals surface area contributed by atoms with Gasteiger partial charge in [-0.15, -0.1) is 0 Å². The van der Waals surface area contributed by atoms with Crippen LogP contribution in [0.3, 0.4) is 0 Å². The molecule has 0 spiro atoms. The molecule has 4 N–H and O–H groups in total. The van der Waals surface area contributed by atoms with Gasteiger partial charge >= 0.3 is 0 Å². The van der Waals surface area contributed by atoms with E-state index in [-0.39, 0.29) is 35.7 Å². The minimum absolute atomic E-state index is 0.0457. The van der Waals surface area contributed by atoms with Gasteiger partial charge in [-0.05, 0) is 46.4 Å². The molecule has 0 saturated carbocycles. The lowest BCUT2D eigenvalue weighted by molar-refractivity contribution is 0.113. The van der Waals surface area contributed by atoms with Crippen LogP contribution in [0.4, 0.5) is 4.39 Å². The first-order valence-electron chi connectivity index (χ1n) is 7.64. The summed E-state index contributed by atoms with van der Waals surface area (Å²) in [5.41, 5.74) is 2.03. The molecule has 134 valence electrons. The molecule has 2 atom stereocenters. The Bertz CT molecular complexity index is 770. The van der Waals surface area contributed by atoms with Gasteiger partial charge in [0.1, 0.15) is 5.82 Å². The predicted molar refractivity (Wildman–Crippen MR) is 87.0 cm³/mol. The number of fused-ring (bicyclic) bond motifs is 1. The molecule has 2 unspecified atom stereocenters. The first-order valence-corrected chi connectivity index (χ1v) is 8.62. The number of oxime groups is 1. The van der Waals surface area contributed by atoms with E-state index in [2.05, 4.69) is 20.8 Å². The van der Waals surface area contributed by atoms with E-state index in [9.17, 15) is 14.7 Å². The summed E-state index contributed by atoms with van der Waals surface area (Å²) < 4.78 is 18.2. The van der Waals surface area contributed by atoms with Crippen molar-refractivity contribution in [2.24, 2.45) is 5.16 Å². The maximum absolute atomic E-state index is 13.5. The molecule has 1 aromatic heterocycles. The summed E-state index contributed by atoms with van der Waals surface area (Å²) in [7, 11) is 0. The Balaban J connectivity index is 1.75. The number of rotatable bonds is 6. The summed E-state index contributed by atoms with van der Waals surface area (Å²) in [4.78, 5) is 0. The van der Waals surface area contributed by atoms with Crippen molar-refractivity contribution in [3.05, 3.63) is 40.8 Å². The minimum Gasteiger partial charge on any atom is -0.409 e. The fourth-order valence-corrected chi connectivity index (χ4v) is 3.49. The Morgan fingerprint density at radius 1 is 1.48 bits per heavy atom. The van der Waals surface area contributed by atoms with Crippen LogP contribution in [0.1, 0.15) is 29.3 Å². The van der Waals surface area contributed by atoms with E-state index in [0.29, 0.717) is 5.03 Å². The number of nitrogens with one attached hydrogen (secondary N) is 1. The molecular formula is C15H17FN4O4S. The smallest absolute Gasteiger partial charge is 0.198 e. The Morgan fingerprint density at radius 3 is 3.08 bits per heavy atom. The molecule has 0 fully saturated rings. The topological polar surface area (TPSA) is 124 Å². The van der Waals surface area contributed by atoms with Gasteiger partial charge in [0.15, 0.2) is 16.6 Å². The first kappa shape index (κ1) is 17.6. The number of aryl methyl sites for hydroxylation is 1. The third-order valence-electron chi connectivity index (χ3n) is 3.90. The number of aliphatic hydroxyl groups is 2. The highest BCUT2D eigenvalue weighted by Gasteiger charge is 2.27. The first-order chi connectivity index (χ1) is 12.1. The Morgan fingerprint density at radius 2 is 2.32 bits per heavy atom. The lowest BCUT2D eigenvalue weighted by Crippen LogP contribution is -2.29. The Hall–Kier alpha value is -2.17. The van der Waals surface area contributed by atoms with Crippen LogP contribution in [-0.4, -0.2) is 50.0 Å². The summed E-state index contributed by atoms with van der Waals surface area (Å²) >= 11 is 1.11. The SMILES string of the molecule is OCC(O)CSc1nonc1/C(=N/O)NC1CCc2ccc(F)cc21. The maximum atomic E-state index is 13.5. The molecule has 25 heavy (non-hydrogen) atoms. The van der Waals surface area contributed by atoms with E-state index >= 15 is 0 Å². The van der Waals surface area contributed by atoms with E-state index in [1.165, 1.54) is 12.1 Å². The number of hydrogen-bond donors (Lipinski definition) is 4. The van der Waals surface area contributed by atoms with Crippen molar-refractivity contribution < 1.29 is 24.4 Å². The largest absolute Gasteiger partial charge is 0.409 e. The lowest BCUT2D eigenvalue weighted by Gasteiger charge is -2.15. The highest BCUT2D eigenvalue weighted by atomic mass is 32.2. The van der Waals surface area contributed by atoms with Gasteiger partial charge in [0, 0.05) is 5.75 Å². The molecular weight excluding hydrogens is 351 g/mol. The molecule has 1 aromatic carbocycles. The minimum atomic E-state index is -0.915. The molecule has 1 aliphatic rings. The van der Waals surface area contributed by atoms with Gasteiger partial charge in [0.2, 0.25) is 0 Å². The summed E-state index contributed by atoms with van der Waals surface area (Å²) in [5, 5.41) is 41.7. The summed E-state index contributed by atoms with van der Waals surface area (Å²) in [5.74, 6) is -0.106. The second-order valence-corrected chi connectivity index (χ2v) is 6.60. The zero-order chi connectivity index (χ0) is 17.8. The van der Waals surface area contributed by atoms with E-state index < -0.39 is 6.10 Å². The van der Waals surface area contributed by atoms with Gasteiger partial charge < -0.3 is 20.7 Å². The number of benzene rings is 1. The number of thioether (sulfide) groups is 1. The molecule has 0 aliphatic heterocycles. The molecule has 0 saturated heterocycles. The van der Waals surface area contributed by atoms with E-state index in [1.54, 1.807) is 6.07 Å². The highest BCUT2D eigenvalue weighted by Crippen LogP contribution is 2.32. The van der Waals surface area contributed by atoms with Gasteiger partial charge in [-0.25, -0.2) is 9.02 Å². The molecule has 1 heterocycles. The Kier molecular flexibility index (Phi) is 5.51. The molecule has 0 amide bonds. The second kappa shape index (κ2) is 7.81. The standard InChI is InChI=1S/C15H17FN4O4S/c16-9-3-1-8-2-4-12(11(8)5-9)17-14(18-23)13-15(20-24-19-13)25-7-10(22)6-21/h1,3,5,10,12,21-23H,2,4,6-7H2,(H,17,18). The zero-order valence-electron chi connectivity index (χ0n) is 13.1. The molecule has 8 nitrogen and oxygen atoms in total. The van der Waals surface area contributed by atoms with Crippen molar-refractivity contribution in [3.63, 3.8) is 0 Å². The van der Waals surface area contributed by atoms with Gasteiger partial charge in [-0.2, -0.15) is 0 Å². The van der Waals surface area contributed by atoms with E-state index in [1.807, 2.05) is 0 Å². The fourth-order valence-electron chi connectivity index (χ4n) is 2.68. The average Bonchev–Trinajstić information content (AvgIpc) is 3.24. The van der Waals surface area contributed by atoms with Crippen LogP contribution in [0.5, 0.6) is 0 Å². The summed E-state index contributed by atoms with van der Waals surface area (Å²) in [6.45, 7) is -0.378. The monoisotopic (exact) mass is 368 g/mol. The van der Waals surface area contributed by atoms with E-state index in [4.69, 9.17) is 9.74 Å². The van der Waals surface area contributed by atoms with Crippen LogP contribution in [0.15, 0.2) is 33.0 Å². The normalized spacial score (nSPS) is 18.2. The van der Waals surface area contributed by atoms with Gasteiger partial charge in [-0.3, -0.25) is 0 Å². The highest BCUT2D eigenvalue weighted by molar-refractivity contribution is 7.99. The summed E-state index contributed by atoms with van der Waals surface area (Å²) in [6, 6.07) is 4.40. The number of halogens is 1. The average molecular weight is 368 g/mol. The number of aromatic nitrogens is 2. The number of aliphatic hydroxyl groups excluding tert-OH is 2. The van der Waals surface area contributed by atoms with Crippen LogP contribution in [-0.2, 0) is 6.42 Å². The molecule has 0 bridgehead atoms. The summed E-state index contributed by atoms with van der Waals surface area (Å²) in [6.07, 6.45) is 0.587. The van der Waals surface area contributed by atoms with Crippen molar-refractivity contribution in [3.8, 4) is 0 Å². The lowest BCUT2D eigenvalue weighted by atomic mass is 10.1. The Labute approximate surface area is 146 Å². The molecule has 3 rings (SSSR count). The van der Waals surface area contributed by atoms with Crippen molar-refractivity contribution in [1.82, 2.24) is 15.6 Å². The van der Waals surface area contributed by atoms with Gasteiger partial charge in [0.25, 0.3) is 0 Å². The van der Waals surface area contributed by atoms with Crippen LogP contribution < -0.4 is 5.32 Å². The molecule has 0 radical (unpaired) electrons. The number of amidine groups is 1. The third-order valence-corrected chi connectivity index (χ3v) is 5.00. The number of hydrogen-bond acceptors (Lipinski definition) is 8. The van der Waals surface area contributed by atoms with Gasteiger partial charge in [0.05, 0.1) is 18.8 Å². The fraction of sp³-hybridized carbons (Fsp3) is 0.400. The van der Waals surface area contributed by atoms with Crippen LogP contribution >= 0.6 is 11.8 Å². The van der Waals surface area contributed by atoms with Gasteiger partial charge in [-0.1, -0.05) is 23.0 Å². The van der Waals surface area contributed by atoms with Crippen LogP contribution in [0, 0.1) is 5.82 Å². The van der Waals surface area contributed by atoms with E-state index in [0.717, 1.165) is 35.7 Å². The third kappa shape index (κ3) is 3.91.